The highest BCUT2D eigenvalue weighted by Crippen LogP contribution is 2.22. The summed E-state index contributed by atoms with van der Waals surface area (Å²) in [6, 6.07) is 0. The topological polar surface area (TPSA) is 281 Å². The van der Waals surface area contributed by atoms with Crippen molar-refractivity contribution in [2.45, 2.75) is 121 Å². The van der Waals surface area contributed by atoms with E-state index in [-0.39, 0.29) is 87.3 Å². The molecule has 0 aromatic heterocycles. The number of nitrogens with zero attached hydrogens (tertiary/aromatic N) is 7. The van der Waals surface area contributed by atoms with Crippen LogP contribution in [0, 0.1) is 21.7 Å². The second kappa shape index (κ2) is 23.4. The molecule has 4 heterocycles. The van der Waals surface area contributed by atoms with E-state index in [1.165, 1.54) is 19.6 Å². The zero-order chi connectivity index (χ0) is 48.0. The van der Waals surface area contributed by atoms with Gasteiger partial charge in [0.1, 0.15) is 24.4 Å². The van der Waals surface area contributed by atoms with Crippen molar-refractivity contribution in [2.75, 3.05) is 72.1 Å². The Balaban J connectivity index is 0.000000414. The number of hydrogen-bond donors (Lipinski definition) is 2. The molecule has 62 heavy (non-hydrogen) atoms. The number of nitrogens with two attached hydrogens (primary N) is 1. The molecule has 0 radical (unpaired) electrons. The number of Topliss-reactive ketones (excluding diaryl/α,β-unsaturated/α-hetero) is 4. The monoisotopic (exact) mass is 883 g/mol. The molecule has 21 nitrogen and oxygen atoms in total. The van der Waals surface area contributed by atoms with E-state index >= 15 is 0 Å². The summed E-state index contributed by atoms with van der Waals surface area (Å²) in [6.07, 6.45) is -2.33. The molecule has 3 N–H and O–H groups in total. The largest absolute Gasteiger partial charge is 0.444 e. The highest BCUT2D eigenvalue weighted by Gasteiger charge is 2.37. The second-order valence-electron chi connectivity index (χ2n) is 19.5. The maximum Gasteiger partial charge on any atom is 0.410 e. The molecule has 4 aliphatic heterocycles. The summed E-state index contributed by atoms with van der Waals surface area (Å²) in [6.45, 7) is 25.9. The first-order chi connectivity index (χ1) is 28.4. The van der Waals surface area contributed by atoms with Crippen LogP contribution in [0.3, 0.4) is 0 Å². The van der Waals surface area contributed by atoms with Gasteiger partial charge in [-0.3, -0.25) is 38.8 Å². The molecule has 0 spiro atoms. The Bertz CT molecular complexity index is 1520. The van der Waals surface area contributed by atoms with E-state index in [1.807, 2.05) is 48.5 Å². The van der Waals surface area contributed by atoms with Gasteiger partial charge in [-0.1, -0.05) is 95.1 Å². The fraction of sp³-hybridized carbons (Fsp3) is 0.805. The summed E-state index contributed by atoms with van der Waals surface area (Å²) in [5, 5.41) is 12.1. The number of hydrogen-bond acceptors (Lipinski definition) is 15. The molecular formula is C41H70N8O13. The van der Waals surface area contributed by atoms with Crippen molar-refractivity contribution in [3.8, 4) is 0 Å². The Hall–Kier alpha value is -5.01. The first-order valence-electron chi connectivity index (χ1n) is 20.6. The van der Waals surface area contributed by atoms with E-state index in [0.717, 1.165) is 6.42 Å². The predicted octanol–water partition coefficient (Wildman–Crippen LogP) is 4.36. The number of carbonyl (C=O) groups excluding carboxylic acids is 8. The second-order valence-corrected chi connectivity index (χ2v) is 19.5. The highest BCUT2D eigenvalue weighted by molar-refractivity contribution is 5.90. The summed E-state index contributed by atoms with van der Waals surface area (Å²) >= 11 is 0. The van der Waals surface area contributed by atoms with Gasteiger partial charge in [0.2, 0.25) is 0 Å². The van der Waals surface area contributed by atoms with Gasteiger partial charge in [0.25, 0.3) is 0 Å². The molecule has 352 valence electrons. The minimum absolute atomic E-state index is 0.0157. The number of ether oxygens (including phenoxy) is 4. The third-order valence-electron chi connectivity index (χ3n) is 9.75. The van der Waals surface area contributed by atoms with Crippen LogP contribution in [-0.2, 0) is 38.1 Å². The fourth-order valence-corrected chi connectivity index (χ4v) is 5.11. The standard InChI is InChI=1S/C11H19NO3.C10H16N4O3.C10H18N2O3.C10H17NO4/c1-5-8-6-12(10(14)15-8)7-9(13)11(2,3)4;1-10(2,3)8(15)6-14-5-7(4-12-13-11)17-9(14)16;1-10(2,3)8(13)6-12-5-7(4-11)15-9(12)14;1-10(2,3)8(13)5-11-4-7(6-12)15-9(11)14/h8H,5-7H2,1-4H3;7H,4-6H2,1-3H3;7H,4-6,11H2,1-3H3;7,12H,4-6H2,1-3H3/t8-;3*7-/m1110/s1. The molecule has 0 saturated carbocycles. The lowest BCUT2D eigenvalue weighted by molar-refractivity contribution is -0.127. The Kier molecular flexibility index (Phi) is 20.8. The molecular weight excluding hydrogens is 812 g/mol. The summed E-state index contributed by atoms with van der Waals surface area (Å²) in [5.74, 6) is 0.0465. The van der Waals surface area contributed by atoms with Gasteiger partial charge in [-0.2, -0.15) is 0 Å². The summed E-state index contributed by atoms with van der Waals surface area (Å²) in [5.41, 5.74) is 11.8. The quantitative estimate of drug-likeness (QED) is 0.113. The van der Waals surface area contributed by atoms with Crippen LogP contribution in [0.15, 0.2) is 5.11 Å². The normalized spacial score (nSPS) is 21.2. The number of aliphatic hydroxyl groups is 1. The van der Waals surface area contributed by atoms with Crippen molar-refractivity contribution in [3.63, 3.8) is 0 Å². The SMILES string of the molecule is CC(C)(C)C(=O)CN1C[C@@H](CN)OC1=O.CC(C)(C)C(=O)CN1C[C@@H](CN=[N+]=[N-])OC1=O.CC(C)(C)C(=O)CN1C[C@@H](CO)OC1=O.CC[C@@H]1CN(CC(=O)C(C)(C)C)C(=O)O1. The first kappa shape index (κ1) is 55.0. The maximum absolute atomic E-state index is 11.8. The number of cyclic esters (lactones) is 4. The van der Waals surface area contributed by atoms with Gasteiger partial charge >= 0.3 is 24.4 Å². The van der Waals surface area contributed by atoms with Gasteiger partial charge in [-0.25, -0.2) is 19.2 Å². The van der Waals surface area contributed by atoms with Crippen LogP contribution >= 0.6 is 0 Å². The van der Waals surface area contributed by atoms with Crippen LogP contribution in [0.1, 0.15) is 96.4 Å². The number of ketones is 4. The molecule has 0 aromatic carbocycles. The number of aliphatic hydroxyl groups excluding tert-OH is 1. The van der Waals surface area contributed by atoms with Gasteiger partial charge in [0.05, 0.1) is 65.5 Å². The van der Waals surface area contributed by atoms with E-state index in [9.17, 15) is 38.4 Å². The Labute approximate surface area is 364 Å². The number of rotatable bonds is 13. The lowest BCUT2D eigenvalue weighted by atomic mass is 9.90. The first-order valence-corrected chi connectivity index (χ1v) is 20.6. The molecule has 0 aromatic rings. The van der Waals surface area contributed by atoms with Crippen LogP contribution in [0.5, 0.6) is 0 Å². The molecule has 4 aliphatic rings. The summed E-state index contributed by atoms with van der Waals surface area (Å²) < 4.78 is 19.8. The number of azide groups is 1. The third-order valence-corrected chi connectivity index (χ3v) is 9.75. The van der Waals surface area contributed by atoms with Crippen LogP contribution in [0.2, 0.25) is 0 Å². The van der Waals surface area contributed by atoms with Crippen molar-refractivity contribution >= 4 is 47.5 Å². The summed E-state index contributed by atoms with van der Waals surface area (Å²) in [4.78, 5) is 100. The van der Waals surface area contributed by atoms with Gasteiger partial charge in [-0.05, 0) is 12.0 Å². The third kappa shape index (κ3) is 18.5. The van der Waals surface area contributed by atoms with Crippen LogP contribution in [0.4, 0.5) is 19.2 Å². The predicted molar refractivity (Wildman–Crippen MR) is 226 cm³/mol. The maximum atomic E-state index is 11.8. The smallest absolute Gasteiger partial charge is 0.410 e. The molecule has 0 unspecified atom stereocenters. The average Bonchev–Trinajstić information content (AvgIpc) is 3.91. The van der Waals surface area contributed by atoms with E-state index in [1.54, 1.807) is 41.5 Å². The minimum Gasteiger partial charge on any atom is -0.444 e. The van der Waals surface area contributed by atoms with Crippen LogP contribution in [0.25, 0.3) is 10.4 Å². The molecule has 4 saturated heterocycles. The van der Waals surface area contributed by atoms with Crippen LogP contribution < -0.4 is 5.73 Å². The molecule has 4 fully saturated rings. The fourth-order valence-electron chi connectivity index (χ4n) is 5.11. The molecule has 4 rings (SSSR count). The van der Waals surface area contributed by atoms with Gasteiger partial charge in [-0.15, -0.1) is 0 Å². The van der Waals surface area contributed by atoms with Crippen molar-refractivity contribution in [1.29, 1.82) is 0 Å². The van der Waals surface area contributed by atoms with Crippen molar-refractivity contribution < 1.29 is 62.4 Å². The van der Waals surface area contributed by atoms with Crippen molar-refractivity contribution in [2.24, 2.45) is 32.5 Å². The zero-order valence-electron chi connectivity index (χ0n) is 38.8. The van der Waals surface area contributed by atoms with Gasteiger partial charge < -0.3 is 29.8 Å². The zero-order valence-corrected chi connectivity index (χ0v) is 38.8. The van der Waals surface area contributed by atoms with E-state index in [2.05, 4.69) is 10.0 Å². The molecule has 0 aliphatic carbocycles. The average molecular weight is 883 g/mol. The number of carbonyl (C=O) groups is 8. The highest BCUT2D eigenvalue weighted by atomic mass is 16.6. The van der Waals surface area contributed by atoms with Crippen molar-refractivity contribution in [3.05, 3.63) is 10.4 Å². The Morgan fingerprint density at radius 3 is 1.10 bits per heavy atom. The van der Waals surface area contributed by atoms with E-state index < -0.39 is 52.1 Å². The molecule has 21 heteroatoms. The molecule has 4 atom stereocenters. The molecule has 0 bridgehead atoms. The minimum atomic E-state index is -0.527. The summed E-state index contributed by atoms with van der Waals surface area (Å²) in [7, 11) is 0. The van der Waals surface area contributed by atoms with E-state index in [0.29, 0.717) is 26.2 Å². The van der Waals surface area contributed by atoms with Gasteiger partial charge in [0.15, 0.2) is 23.1 Å². The lowest BCUT2D eigenvalue weighted by Gasteiger charge is -2.20. The van der Waals surface area contributed by atoms with Crippen molar-refractivity contribution in [1.82, 2.24) is 19.6 Å². The Morgan fingerprint density at radius 2 is 0.855 bits per heavy atom. The number of amides is 4. The van der Waals surface area contributed by atoms with Crippen LogP contribution in [-0.4, -0.2) is 169 Å². The molecule has 4 amide bonds. The lowest BCUT2D eigenvalue weighted by Crippen LogP contribution is -2.37. The van der Waals surface area contributed by atoms with Gasteiger partial charge in [0, 0.05) is 33.1 Å². The van der Waals surface area contributed by atoms with E-state index in [4.69, 9.17) is 35.3 Å². The Morgan fingerprint density at radius 1 is 0.581 bits per heavy atom.